The van der Waals surface area contributed by atoms with E-state index in [1.807, 2.05) is 37.3 Å². The number of fused-ring (bicyclic) bond motifs is 4. The Balaban J connectivity index is 1.66. The zero-order valence-corrected chi connectivity index (χ0v) is 18.2. The number of carbonyl (C=O) groups excluding carboxylic acids is 1. The van der Waals surface area contributed by atoms with Gasteiger partial charge in [0, 0.05) is 18.4 Å². The summed E-state index contributed by atoms with van der Waals surface area (Å²) in [6.45, 7) is 10.5. The van der Waals surface area contributed by atoms with Crippen molar-refractivity contribution in [1.82, 2.24) is 0 Å². The molecule has 1 aromatic rings. The summed E-state index contributed by atoms with van der Waals surface area (Å²) in [4.78, 5) is 13.0. The summed E-state index contributed by atoms with van der Waals surface area (Å²) in [5.74, 6) is 0.720. The highest BCUT2D eigenvalue weighted by molar-refractivity contribution is 5.91. The van der Waals surface area contributed by atoms with Crippen molar-refractivity contribution in [3.8, 4) is 0 Å². The maximum Gasteiger partial charge on any atom is 0.331 e. The molecule has 4 rings (SSSR count). The van der Waals surface area contributed by atoms with Crippen LogP contribution in [0.3, 0.4) is 0 Å². The van der Waals surface area contributed by atoms with Crippen molar-refractivity contribution < 1.29 is 19.4 Å². The first kappa shape index (κ1) is 20.6. The molecule has 0 radical (unpaired) electrons. The average Bonchev–Trinajstić information content (AvgIpc) is 3.18. The van der Waals surface area contributed by atoms with Crippen molar-refractivity contribution in [2.24, 2.45) is 23.7 Å². The number of aliphatic hydroxyl groups is 1. The first-order chi connectivity index (χ1) is 13.7. The molecule has 4 heteroatoms. The fourth-order valence-corrected chi connectivity index (χ4v) is 6.23. The number of aliphatic hydroxyl groups excluding tert-OH is 1. The third-order valence-electron chi connectivity index (χ3n) is 7.99. The summed E-state index contributed by atoms with van der Waals surface area (Å²) in [7, 11) is 0. The molecule has 2 heterocycles. The van der Waals surface area contributed by atoms with Gasteiger partial charge in [0.15, 0.2) is 0 Å². The largest absolute Gasteiger partial charge is 0.456 e. The van der Waals surface area contributed by atoms with Crippen LogP contribution in [0.15, 0.2) is 36.4 Å². The smallest absolute Gasteiger partial charge is 0.331 e. The van der Waals surface area contributed by atoms with Gasteiger partial charge >= 0.3 is 5.97 Å². The van der Waals surface area contributed by atoms with Gasteiger partial charge in [-0.05, 0) is 55.6 Å². The van der Waals surface area contributed by atoms with Gasteiger partial charge in [-0.2, -0.15) is 0 Å². The van der Waals surface area contributed by atoms with Gasteiger partial charge in [0.1, 0.15) is 11.7 Å². The molecule has 2 aliphatic heterocycles. The van der Waals surface area contributed by atoms with Crippen molar-refractivity contribution >= 4 is 11.5 Å². The Labute approximate surface area is 174 Å². The van der Waals surface area contributed by atoms with Crippen LogP contribution < -0.4 is 0 Å². The van der Waals surface area contributed by atoms with Crippen LogP contribution in [0.4, 0.5) is 0 Å². The number of benzene rings is 1. The number of allylic oxidation sites excluding steroid dienone is 1. The molecule has 0 aromatic heterocycles. The van der Waals surface area contributed by atoms with Gasteiger partial charge in [0.25, 0.3) is 0 Å². The molecule has 1 aliphatic carbocycles. The lowest BCUT2D eigenvalue weighted by Crippen LogP contribution is -2.62. The average molecular weight is 399 g/mol. The molecule has 7 atom stereocenters. The van der Waals surface area contributed by atoms with E-state index in [9.17, 15) is 9.90 Å². The van der Waals surface area contributed by atoms with Crippen molar-refractivity contribution in [2.75, 3.05) is 0 Å². The lowest BCUT2D eigenvalue weighted by Gasteiger charge is -2.53. The third kappa shape index (κ3) is 3.16. The van der Waals surface area contributed by atoms with Crippen LogP contribution in [0.25, 0.3) is 5.57 Å². The zero-order chi connectivity index (χ0) is 21.0. The maximum atomic E-state index is 13.0. The lowest BCUT2D eigenvalue weighted by molar-refractivity contribution is -0.263. The first-order valence-electron chi connectivity index (χ1n) is 11.0. The number of ether oxygens (including phenoxy) is 2. The highest BCUT2D eigenvalue weighted by Crippen LogP contribution is 2.62. The minimum Gasteiger partial charge on any atom is -0.456 e. The number of hydrogen-bond acceptors (Lipinski definition) is 4. The molecular formula is C25H34O4. The molecule has 3 fully saturated rings. The van der Waals surface area contributed by atoms with Crippen LogP contribution in [0.5, 0.6) is 0 Å². The molecule has 29 heavy (non-hydrogen) atoms. The zero-order valence-electron chi connectivity index (χ0n) is 18.2. The maximum absolute atomic E-state index is 13.0. The third-order valence-corrected chi connectivity index (χ3v) is 7.99. The van der Waals surface area contributed by atoms with E-state index >= 15 is 0 Å². The number of esters is 1. The Bertz CT molecular complexity index is 800. The molecule has 1 saturated carbocycles. The quantitative estimate of drug-likeness (QED) is 0.594. The lowest BCUT2D eigenvalue weighted by atomic mass is 9.69. The van der Waals surface area contributed by atoms with E-state index in [2.05, 4.69) is 27.7 Å². The monoisotopic (exact) mass is 398 g/mol. The summed E-state index contributed by atoms with van der Waals surface area (Å²) in [6, 6.07) is 9.88. The van der Waals surface area contributed by atoms with E-state index < -0.39 is 17.3 Å². The Morgan fingerprint density at radius 2 is 1.97 bits per heavy atom. The number of hydrogen-bond donors (Lipinski definition) is 1. The molecule has 3 aliphatic rings. The van der Waals surface area contributed by atoms with Crippen LogP contribution in [0.1, 0.15) is 59.4 Å². The predicted octanol–water partition coefficient (Wildman–Crippen LogP) is 4.61. The Hall–Kier alpha value is -1.65. The van der Waals surface area contributed by atoms with Crippen LogP contribution in [-0.2, 0) is 14.3 Å². The topological polar surface area (TPSA) is 55.8 Å². The molecule has 0 spiro atoms. The van der Waals surface area contributed by atoms with Crippen LogP contribution >= 0.6 is 0 Å². The normalized spacial score (nSPS) is 41.5. The van der Waals surface area contributed by atoms with Crippen molar-refractivity contribution in [3.63, 3.8) is 0 Å². The molecule has 1 N–H and O–H groups in total. The van der Waals surface area contributed by atoms with Gasteiger partial charge in [0.05, 0.1) is 11.7 Å². The van der Waals surface area contributed by atoms with E-state index in [0.717, 1.165) is 24.0 Å². The van der Waals surface area contributed by atoms with E-state index in [4.69, 9.17) is 9.47 Å². The molecule has 2 bridgehead atoms. The Kier molecular flexibility index (Phi) is 5.15. The van der Waals surface area contributed by atoms with E-state index in [1.54, 1.807) is 6.08 Å². The van der Waals surface area contributed by atoms with Crippen molar-refractivity contribution in [1.29, 1.82) is 0 Å². The molecule has 7 unspecified atom stereocenters. The standard InChI is InChI=1S/C25H34O4/c1-15(2)25-14-20(26)24(5,29-25)19-12-11-16(3)22(19)23(25)28-21(27)13-17(4)18-9-7-6-8-10-18/h6-10,13,15-16,19-20,22-23,26H,11-12,14H2,1-5H3/b17-13+. The fraction of sp³-hybridized carbons (Fsp3) is 0.640. The van der Waals surface area contributed by atoms with E-state index in [1.165, 1.54) is 0 Å². The van der Waals surface area contributed by atoms with Gasteiger partial charge < -0.3 is 14.6 Å². The van der Waals surface area contributed by atoms with Gasteiger partial charge in [-0.15, -0.1) is 0 Å². The van der Waals surface area contributed by atoms with Gasteiger partial charge in [0.2, 0.25) is 0 Å². The SMILES string of the molecule is C/C(=C\C(=O)OC1C2C(C)CCC2C2(C)OC1(C(C)C)CC2O)c1ccccc1. The van der Waals surface area contributed by atoms with Gasteiger partial charge in [-0.1, -0.05) is 51.1 Å². The molecule has 4 nitrogen and oxygen atoms in total. The minimum atomic E-state index is -0.627. The van der Waals surface area contributed by atoms with Gasteiger partial charge in [-0.25, -0.2) is 4.79 Å². The van der Waals surface area contributed by atoms with Crippen molar-refractivity contribution in [2.45, 2.75) is 77.3 Å². The molecule has 158 valence electrons. The van der Waals surface area contributed by atoms with Gasteiger partial charge in [-0.3, -0.25) is 0 Å². The fourth-order valence-electron chi connectivity index (χ4n) is 6.23. The highest BCUT2D eigenvalue weighted by Gasteiger charge is 2.70. The van der Waals surface area contributed by atoms with Crippen LogP contribution in [-0.4, -0.2) is 34.5 Å². The molecule has 2 saturated heterocycles. The van der Waals surface area contributed by atoms with Crippen LogP contribution in [0.2, 0.25) is 0 Å². The van der Waals surface area contributed by atoms with Crippen LogP contribution in [0, 0.1) is 23.7 Å². The Morgan fingerprint density at radius 3 is 2.62 bits per heavy atom. The van der Waals surface area contributed by atoms with Crippen molar-refractivity contribution in [3.05, 3.63) is 42.0 Å². The predicted molar refractivity (Wildman–Crippen MR) is 113 cm³/mol. The minimum absolute atomic E-state index is 0.143. The summed E-state index contributed by atoms with van der Waals surface area (Å²) < 4.78 is 12.9. The van der Waals surface area contributed by atoms with E-state index in [-0.39, 0.29) is 29.8 Å². The summed E-state index contributed by atoms with van der Waals surface area (Å²) in [5.41, 5.74) is 0.730. The second-order valence-corrected chi connectivity index (χ2v) is 9.90. The Morgan fingerprint density at radius 1 is 1.28 bits per heavy atom. The second kappa shape index (κ2) is 7.24. The molecule has 1 aromatic carbocycles. The summed E-state index contributed by atoms with van der Waals surface area (Å²) >= 11 is 0. The number of carbonyl (C=O) groups is 1. The molecule has 0 amide bonds. The first-order valence-corrected chi connectivity index (χ1v) is 11.0. The van der Waals surface area contributed by atoms with E-state index in [0.29, 0.717) is 12.3 Å². The highest BCUT2D eigenvalue weighted by atomic mass is 16.6. The number of rotatable bonds is 4. The summed E-state index contributed by atoms with van der Waals surface area (Å²) in [5, 5.41) is 11.0. The summed E-state index contributed by atoms with van der Waals surface area (Å²) in [6.07, 6.45) is 3.37. The second-order valence-electron chi connectivity index (χ2n) is 9.90. The molecular weight excluding hydrogens is 364 g/mol.